The van der Waals surface area contributed by atoms with Crippen molar-refractivity contribution < 1.29 is 12.6 Å². The lowest BCUT2D eigenvalue weighted by atomic mass is 10.0. The number of hydrogen-bond donors (Lipinski definition) is 3. The maximum atomic E-state index is 12.3. The van der Waals surface area contributed by atoms with Gasteiger partial charge in [0.05, 0.1) is 6.10 Å². The molecule has 0 fully saturated rings. The molecule has 1 unspecified atom stereocenters. The molecule has 1 aromatic carbocycles. The van der Waals surface area contributed by atoms with Crippen molar-refractivity contribution in [1.82, 2.24) is 5.32 Å². The van der Waals surface area contributed by atoms with Crippen LogP contribution >= 0.6 is 0 Å². The summed E-state index contributed by atoms with van der Waals surface area (Å²) in [6.45, 7) is 3.28. The van der Waals surface area contributed by atoms with Gasteiger partial charge in [0.2, 0.25) is 0 Å². The van der Waals surface area contributed by atoms with Gasteiger partial charge in [-0.2, -0.15) is 8.42 Å². The Labute approximate surface area is 123 Å². The normalized spacial score (nSPS) is 22.0. The van der Waals surface area contributed by atoms with Crippen LogP contribution in [0.2, 0.25) is 0 Å². The molecule has 5 N–H and O–H groups in total. The smallest absolute Gasteiger partial charge is 0.297 e. The van der Waals surface area contributed by atoms with Crippen LogP contribution in [-0.4, -0.2) is 20.5 Å². The summed E-state index contributed by atoms with van der Waals surface area (Å²) in [7, 11) is -3.94. The maximum absolute atomic E-state index is 12.3. The van der Waals surface area contributed by atoms with E-state index < -0.39 is 21.9 Å². The standard InChI is InChI=1S/C13H18N4O3S/c1-9(2)20-21(18,19)11-6-4-3-5-10(11)13(15)7-8-16-12(14)17-13/h3-9H,15H2,1-2H3,(H3,14,16,17). The largest absolute Gasteiger partial charge is 0.370 e. The minimum absolute atomic E-state index is 0.0238. The Bertz CT molecular complexity index is 697. The van der Waals surface area contributed by atoms with E-state index in [1.165, 1.54) is 18.3 Å². The molecule has 0 aromatic heterocycles. The third kappa shape index (κ3) is 3.23. The fourth-order valence-electron chi connectivity index (χ4n) is 1.99. The van der Waals surface area contributed by atoms with Crippen LogP contribution in [0.5, 0.6) is 0 Å². The fourth-order valence-corrected chi connectivity index (χ4v) is 3.35. The van der Waals surface area contributed by atoms with Crippen molar-refractivity contribution in [2.45, 2.75) is 30.5 Å². The molecule has 1 heterocycles. The van der Waals surface area contributed by atoms with Gasteiger partial charge in [0, 0.05) is 11.8 Å². The number of nitrogens with two attached hydrogens (primary N) is 2. The summed E-state index contributed by atoms with van der Waals surface area (Å²) in [6.07, 6.45) is 2.58. The van der Waals surface area contributed by atoms with Gasteiger partial charge in [-0.1, -0.05) is 18.2 Å². The second-order valence-corrected chi connectivity index (χ2v) is 6.44. The zero-order valence-electron chi connectivity index (χ0n) is 11.8. The molecule has 0 radical (unpaired) electrons. The number of benzene rings is 1. The zero-order chi connectivity index (χ0) is 15.7. The van der Waals surface area contributed by atoms with E-state index in [0.717, 1.165) is 0 Å². The van der Waals surface area contributed by atoms with Gasteiger partial charge in [0.15, 0.2) is 11.6 Å². The first-order chi connectivity index (χ1) is 9.74. The maximum Gasteiger partial charge on any atom is 0.297 e. The van der Waals surface area contributed by atoms with Crippen molar-refractivity contribution in [3.05, 3.63) is 42.1 Å². The summed E-state index contributed by atoms with van der Waals surface area (Å²) in [5, 5.41) is 2.68. The third-order valence-electron chi connectivity index (χ3n) is 2.78. The van der Waals surface area contributed by atoms with Gasteiger partial charge < -0.3 is 11.1 Å². The quantitative estimate of drug-likeness (QED) is 0.690. The van der Waals surface area contributed by atoms with Crippen LogP contribution in [0, 0.1) is 0 Å². The van der Waals surface area contributed by atoms with Crippen LogP contribution in [-0.2, 0) is 20.0 Å². The fraction of sp³-hybridized carbons (Fsp3) is 0.308. The minimum Gasteiger partial charge on any atom is -0.370 e. The molecule has 0 saturated heterocycles. The number of hydrogen-bond acceptors (Lipinski definition) is 7. The first-order valence-electron chi connectivity index (χ1n) is 6.36. The number of rotatable bonds is 4. The van der Waals surface area contributed by atoms with Gasteiger partial charge in [-0.25, -0.2) is 4.99 Å². The molecular weight excluding hydrogens is 292 g/mol. The lowest BCUT2D eigenvalue weighted by Gasteiger charge is -2.27. The van der Waals surface area contributed by atoms with E-state index in [2.05, 4.69) is 10.3 Å². The van der Waals surface area contributed by atoms with Crippen LogP contribution < -0.4 is 16.8 Å². The molecule has 0 amide bonds. The van der Waals surface area contributed by atoms with Crippen molar-refractivity contribution in [1.29, 1.82) is 0 Å². The van der Waals surface area contributed by atoms with E-state index in [1.54, 1.807) is 32.0 Å². The van der Waals surface area contributed by atoms with Crippen LogP contribution in [0.15, 0.2) is 46.4 Å². The topological polar surface area (TPSA) is 120 Å². The molecule has 0 bridgehead atoms. The number of aliphatic imine (C=N–C) groups is 1. The molecule has 0 saturated carbocycles. The summed E-state index contributed by atoms with van der Waals surface area (Å²) in [6, 6.07) is 6.30. The van der Waals surface area contributed by atoms with Gasteiger partial charge in [-0.15, -0.1) is 0 Å². The van der Waals surface area contributed by atoms with Crippen LogP contribution in [0.25, 0.3) is 0 Å². The first-order valence-corrected chi connectivity index (χ1v) is 7.77. The van der Waals surface area contributed by atoms with Crippen molar-refractivity contribution in [2.24, 2.45) is 16.5 Å². The molecule has 8 heteroatoms. The highest BCUT2D eigenvalue weighted by atomic mass is 32.2. The summed E-state index contributed by atoms with van der Waals surface area (Å²) in [5.41, 5.74) is 10.7. The minimum atomic E-state index is -3.94. The van der Waals surface area contributed by atoms with Crippen molar-refractivity contribution >= 4 is 16.1 Å². The van der Waals surface area contributed by atoms with Crippen molar-refractivity contribution in [2.75, 3.05) is 0 Å². The van der Waals surface area contributed by atoms with Gasteiger partial charge in [-0.3, -0.25) is 9.92 Å². The predicted octanol–water partition coefficient (Wildman–Crippen LogP) is 0.343. The first kappa shape index (κ1) is 15.5. The summed E-state index contributed by atoms with van der Waals surface area (Å²) in [4.78, 5) is 4.07. The van der Waals surface area contributed by atoms with Crippen LogP contribution in [0.4, 0.5) is 0 Å². The average Bonchev–Trinajstić information content (AvgIpc) is 2.37. The Morgan fingerprint density at radius 2 is 2.00 bits per heavy atom. The molecule has 0 spiro atoms. The summed E-state index contributed by atoms with van der Waals surface area (Å²) in [5.74, 6) is 0.108. The lowest BCUT2D eigenvalue weighted by molar-refractivity contribution is 0.248. The van der Waals surface area contributed by atoms with E-state index in [1.807, 2.05) is 0 Å². The van der Waals surface area contributed by atoms with E-state index in [4.69, 9.17) is 15.7 Å². The SMILES string of the molecule is CC(C)OS(=O)(=O)c1ccccc1C1(N)C=CNC(N)=N1. The average molecular weight is 310 g/mol. The van der Waals surface area contributed by atoms with Crippen molar-refractivity contribution in [3.8, 4) is 0 Å². The van der Waals surface area contributed by atoms with Gasteiger partial charge >= 0.3 is 0 Å². The van der Waals surface area contributed by atoms with E-state index in [0.29, 0.717) is 5.56 Å². The third-order valence-corrected chi connectivity index (χ3v) is 4.31. The molecule has 2 rings (SSSR count). The molecule has 1 atom stereocenters. The summed E-state index contributed by atoms with van der Waals surface area (Å²) < 4.78 is 29.7. The Kier molecular flexibility index (Phi) is 4.04. The van der Waals surface area contributed by atoms with E-state index in [-0.39, 0.29) is 10.9 Å². The molecule has 1 aromatic rings. The number of guanidine groups is 1. The molecule has 0 aliphatic carbocycles. The highest BCUT2D eigenvalue weighted by Crippen LogP contribution is 2.30. The van der Waals surface area contributed by atoms with Gasteiger partial charge in [0.25, 0.3) is 10.1 Å². The molecule has 7 nitrogen and oxygen atoms in total. The second-order valence-electron chi connectivity index (χ2n) is 4.90. The summed E-state index contributed by atoms with van der Waals surface area (Å²) >= 11 is 0. The Morgan fingerprint density at radius 1 is 1.33 bits per heavy atom. The van der Waals surface area contributed by atoms with E-state index in [9.17, 15) is 8.42 Å². The number of nitrogens with one attached hydrogen (secondary N) is 1. The highest BCUT2D eigenvalue weighted by Gasteiger charge is 2.33. The Morgan fingerprint density at radius 3 is 2.62 bits per heavy atom. The van der Waals surface area contributed by atoms with Crippen LogP contribution in [0.3, 0.4) is 0 Å². The molecule has 21 heavy (non-hydrogen) atoms. The highest BCUT2D eigenvalue weighted by molar-refractivity contribution is 7.86. The molecule has 1 aliphatic rings. The molecule has 1 aliphatic heterocycles. The van der Waals surface area contributed by atoms with Gasteiger partial charge in [-0.05, 0) is 26.0 Å². The molecule has 114 valence electrons. The monoisotopic (exact) mass is 310 g/mol. The van der Waals surface area contributed by atoms with Crippen LogP contribution in [0.1, 0.15) is 19.4 Å². The Hall–Kier alpha value is -1.90. The number of nitrogens with zero attached hydrogens (tertiary/aromatic N) is 1. The van der Waals surface area contributed by atoms with Crippen molar-refractivity contribution in [3.63, 3.8) is 0 Å². The molecular formula is C13H18N4O3S. The Balaban J connectivity index is 2.57. The van der Waals surface area contributed by atoms with Gasteiger partial charge in [0.1, 0.15) is 4.90 Å². The zero-order valence-corrected chi connectivity index (χ0v) is 12.6. The lowest BCUT2D eigenvalue weighted by Crippen LogP contribution is -2.43. The second kappa shape index (κ2) is 5.47. The predicted molar refractivity (Wildman–Crippen MR) is 79.6 cm³/mol. The van der Waals surface area contributed by atoms with E-state index >= 15 is 0 Å².